The molecule has 5 nitrogen and oxygen atoms in total. The number of hydrogen-bond acceptors (Lipinski definition) is 4. The molecule has 0 N–H and O–H groups in total. The van der Waals surface area contributed by atoms with Crippen LogP contribution in [0.4, 0.5) is 19.0 Å². The number of halogens is 3. The van der Waals surface area contributed by atoms with Crippen LogP contribution in [0.5, 0.6) is 5.75 Å². The van der Waals surface area contributed by atoms with E-state index in [0.29, 0.717) is 31.9 Å². The smallest absolute Gasteiger partial charge is 0.418 e. The molecule has 130 valence electrons. The molecule has 0 aromatic carbocycles. The van der Waals surface area contributed by atoms with Crippen molar-refractivity contribution in [2.75, 3.05) is 24.5 Å². The average molecular weight is 341 g/mol. The molecule has 1 saturated heterocycles. The third-order valence-electron chi connectivity index (χ3n) is 4.33. The number of alkyl halides is 3. The van der Waals surface area contributed by atoms with Crippen LogP contribution in [0.25, 0.3) is 0 Å². The molecule has 8 heteroatoms. The monoisotopic (exact) mass is 341 g/mol. The third kappa shape index (κ3) is 3.05. The van der Waals surface area contributed by atoms with Crippen LogP contribution >= 0.6 is 0 Å². The average Bonchev–Trinajstić information content (AvgIpc) is 2.66. The van der Waals surface area contributed by atoms with Crippen LogP contribution in [0.1, 0.15) is 18.9 Å². The Morgan fingerprint density at radius 2 is 2.21 bits per heavy atom. The molecule has 2 aliphatic heterocycles. The first-order chi connectivity index (χ1) is 11.3. The van der Waals surface area contributed by atoms with Crippen molar-refractivity contribution in [1.82, 2.24) is 9.88 Å². The first kappa shape index (κ1) is 16.6. The van der Waals surface area contributed by atoms with E-state index < -0.39 is 11.7 Å². The SMILES string of the molecule is C=CC(=O)N1CCN2c3ncc(C(F)(F)F)cc3OC(C)CC2C1. The number of fused-ring (bicyclic) bond motifs is 3. The summed E-state index contributed by atoms with van der Waals surface area (Å²) in [4.78, 5) is 19.5. The van der Waals surface area contributed by atoms with E-state index >= 15 is 0 Å². The van der Waals surface area contributed by atoms with Gasteiger partial charge in [0.1, 0.15) is 0 Å². The van der Waals surface area contributed by atoms with E-state index in [4.69, 9.17) is 4.74 Å². The van der Waals surface area contributed by atoms with E-state index in [0.717, 1.165) is 12.3 Å². The number of rotatable bonds is 1. The molecule has 2 unspecified atom stereocenters. The molecular formula is C16H18F3N3O2. The standard InChI is InChI=1S/C16H18F3N3O2/c1-3-14(23)21-4-5-22-12(9-21)6-10(2)24-13-7-11(16(17,18)19)8-20-15(13)22/h3,7-8,10,12H,1,4-6,9H2,2H3. The molecule has 1 aromatic rings. The van der Waals surface area contributed by atoms with Gasteiger partial charge in [-0.15, -0.1) is 0 Å². The Labute approximate surface area is 137 Å². The fourth-order valence-electron chi connectivity index (χ4n) is 3.21. The number of amides is 1. The lowest BCUT2D eigenvalue weighted by Gasteiger charge is -2.41. The van der Waals surface area contributed by atoms with E-state index in [1.54, 1.807) is 4.90 Å². The van der Waals surface area contributed by atoms with Crippen molar-refractivity contribution in [3.05, 3.63) is 30.5 Å². The lowest BCUT2D eigenvalue weighted by Crippen LogP contribution is -2.55. The van der Waals surface area contributed by atoms with Gasteiger partial charge in [-0.05, 0) is 19.1 Å². The Morgan fingerprint density at radius 3 is 2.88 bits per heavy atom. The molecule has 1 fully saturated rings. The predicted octanol–water partition coefficient (Wildman–Crippen LogP) is 2.47. The maximum absolute atomic E-state index is 12.9. The van der Waals surface area contributed by atoms with E-state index in [-0.39, 0.29) is 23.8 Å². The molecule has 3 heterocycles. The van der Waals surface area contributed by atoms with Gasteiger partial charge in [-0.25, -0.2) is 4.98 Å². The highest BCUT2D eigenvalue weighted by Crippen LogP contribution is 2.39. The van der Waals surface area contributed by atoms with Gasteiger partial charge in [0.2, 0.25) is 5.91 Å². The van der Waals surface area contributed by atoms with Crippen molar-refractivity contribution in [2.24, 2.45) is 0 Å². The number of anilines is 1. The molecule has 0 aliphatic carbocycles. The van der Waals surface area contributed by atoms with Gasteiger partial charge in [0.15, 0.2) is 11.6 Å². The summed E-state index contributed by atoms with van der Waals surface area (Å²) in [6, 6.07) is 0.950. The topological polar surface area (TPSA) is 45.7 Å². The Morgan fingerprint density at radius 1 is 1.46 bits per heavy atom. The highest BCUT2D eigenvalue weighted by Gasteiger charge is 2.37. The fraction of sp³-hybridized carbons (Fsp3) is 0.500. The van der Waals surface area contributed by atoms with Crippen LogP contribution in [-0.2, 0) is 11.0 Å². The molecule has 0 saturated carbocycles. The summed E-state index contributed by atoms with van der Waals surface area (Å²) in [6.45, 7) is 6.74. The zero-order valence-electron chi connectivity index (χ0n) is 13.2. The minimum atomic E-state index is -4.46. The Balaban J connectivity index is 1.93. The van der Waals surface area contributed by atoms with E-state index in [1.807, 2.05) is 11.8 Å². The van der Waals surface area contributed by atoms with Crippen molar-refractivity contribution < 1.29 is 22.7 Å². The number of carbonyl (C=O) groups excluding carboxylic acids is 1. The van der Waals surface area contributed by atoms with Crippen molar-refractivity contribution in [1.29, 1.82) is 0 Å². The molecule has 0 radical (unpaired) electrons. The first-order valence-corrected chi connectivity index (χ1v) is 7.71. The highest BCUT2D eigenvalue weighted by molar-refractivity contribution is 5.87. The van der Waals surface area contributed by atoms with Gasteiger partial charge in [-0.3, -0.25) is 4.79 Å². The van der Waals surface area contributed by atoms with Gasteiger partial charge in [0.05, 0.1) is 17.7 Å². The summed E-state index contributed by atoms with van der Waals surface area (Å²) in [5.74, 6) is 0.402. The van der Waals surface area contributed by atoms with Crippen LogP contribution in [0, 0.1) is 0 Å². The van der Waals surface area contributed by atoms with Crippen molar-refractivity contribution in [3.8, 4) is 5.75 Å². The largest absolute Gasteiger partial charge is 0.487 e. The first-order valence-electron chi connectivity index (χ1n) is 7.71. The quantitative estimate of drug-likeness (QED) is 0.736. The third-order valence-corrected chi connectivity index (χ3v) is 4.33. The number of piperazine rings is 1. The number of ether oxygens (including phenoxy) is 1. The zero-order chi connectivity index (χ0) is 17.5. The van der Waals surface area contributed by atoms with E-state index in [2.05, 4.69) is 11.6 Å². The van der Waals surface area contributed by atoms with Crippen molar-refractivity contribution in [2.45, 2.75) is 31.7 Å². The molecule has 1 aromatic heterocycles. The van der Waals surface area contributed by atoms with Crippen molar-refractivity contribution >= 4 is 11.7 Å². The van der Waals surface area contributed by atoms with E-state index in [1.165, 1.54) is 6.08 Å². The van der Waals surface area contributed by atoms with Gasteiger partial charge >= 0.3 is 6.18 Å². The Kier molecular flexibility index (Phi) is 4.15. The lowest BCUT2D eigenvalue weighted by atomic mass is 10.1. The molecule has 24 heavy (non-hydrogen) atoms. The summed E-state index contributed by atoms with van der Waals surface area (Å²) in [7, 11) is 0. The summed E-state index contributed by atoms with van der Waals surface area (Å²) in [5.41, 5.74) is -0.827. The molecular weight excluding hydrogens is 323 g/mol. The van der Waals surface area contributed by atoms with Crippen LogP contribution in [0.15, 0.2) is 24.9 Å². The second-order valence-corrected chi connectivity index (χ2v) is 6.04. The number of hydrogen-bond donors (Lipinski definition) is 0. The maximum atomic E-state index is 12.9. The second-order valence-electron chi connectivity index (χ2n) is 6.04. The summed E-state index contributed by atoms with van der Waals surface area (Å²) in [5, 5.41) is 0. The van der Waals surface area contributed by atoms with Gasteiger partial charge in [0, 0.05) is 32.3 Å². The molecule has 2 atom stereocenters. The van der Waals surface area contributed by atoms with Gasteiger partial charge in [0.25, 0.3) is 0 Å². The van der Waals surface area contributed by atoms with Gasteiger partial charge in [-0.2, -0.15) is 13.2 Å². The minimum absolute atomic E-state index is 0.0527. The molecule has 0 spiro atoms. The fourth-order valence-corrected chi connectivity index (χ4v) is 3.21. The van der Waals surface area contributed by atoms with Crippen molar-refractivity contribution in [3.63, 3.8) is 0 Å². The van der Waals surface area contributed by atoms with E-state index in [9.17, 15) is 18.0 Å². The lowest BCUT2D eigenvalue weighted by molar-refractivity contribution is -0.138. The molecule has 1 amide bonds. The zero-order valence-corrected chi connectivity index (χ0v) is 13.2. The normalized spacial score (nSPS) is 23.7. The molecule has 3 rings (SSSR count). The van der Waals surface area contributed by atoms with Crippen LogP contribution in [0.2, 0.25) is 0 Å². The van der Waals surface area contributed by atoms with Gasteiger partial charge in [-0.1, -0.05) is 6.58 Å². The molecule has 2 aliphatic rings. The summed E-state index contributed by atoms with van der Waals surface area (Å²) in [6.07, 6.45) is -2.04. The number of carbonyl (C=O) groups is 1. The Bertz CT molecular complexity index is 662. The van der Waals surface area contributed by atoms with Crippen LogP contribution in [0.3, 0.4) is 0 Å². The number of pyridine rings is 1. The number of aromatic nitrogens is 1. The van der Waals surface area contributed by atoms with Gasteiger partial charge < -0.3 is 14.5 Å². The van der Waals surface area contributed by atoms with Crippen LogP contribution < -0.4 is 9.64 Å². The summed E-state index contributed by atoms with van der Waals surface area (Å²) < 4.78 is 44.4. The molecule has 0 bridgehead atoms. The maximum Gasteiger partial charge on any atom is 0.418 e. The Hall–Kier alpha value is -2.25. The minimum Gasteiger partial charge on any atom is -0.487 e. The van der Waals surface area contributed by atoms with Crippen LogP contribution in [-0.4, -0.2) is 47.6 Å². The number of nitrogens with zero attached hydrogens (tertiary/aromatic N) is 3. The predicted molar refractivity (Wildman–Crippen MR) is 81.9 cm³/mol. The highest BCUT2D eigenvalue weighted by atomic mass is 19.4. The second kappa shape index (κ2) is 5.99. The summed E-state index contributed by atoms with van der Waals surface area (Å²) >= 11 is 0.